The van der Waals surface area contributed by atoms with Gasteiger partial charge < -0.3 is 10.2 Å². The SMILES string of the molecule is CC(C)(C)CC(NC(=O)N1CCC(N2CCSCC2)CC1)c1cccnc1. The van der Waals surface area contributed by atoms with Gasteiger partial charge in [0.2, 0.25) is 0 Å². The van der Waals surface area contributed by atoms with E-state index in [1.54, 1.807) is 6.20 Å². The number of urea groups is 1. The van der Waals surface area contributed by atoms with Crippen LogP contribution in [0.1, 0.15) is 51.6 Å². The van der Waals surface area contributed by atoms with Crippen LogP contribution < -0.4 is 5.32 Å². The fourth-order valence-electron chi connectivity index (χ4n) is 4.06. The highest BCUT2D eigenvalue weighted by Crippen LogP contribution is 2.29. The molecule has 3 rings (SSSR count). The second-order valence-corrected chi connectivity index (χ2v) is 10.1. The Labute approximate surface area is 168 Å². The molecule has 0 radical (unpaired) electrons. The molecule has 0 aliphatic carbocycles. The van der Waals surface area contributed by atoms with Crippen LogP contribution in [0.4, 0.5) is 4.79 Å². The minimum Gasteiger partial charge on any atom is -0.331 e. The summed E-state index contributed by atoms with van der Waals surface area (Å²) in [6.07, 6.45) is 6.73. The van der Waals surface area contributed by atoms with Crippen LogP contribution in [-0.4, -0.2) is 64.5 Å². The topological polar surface area (TPSA) is 48.5 Å². The monoisotopic (exact) mass is 390 g/mol. The van der Waals surface area contributed by atoms with Gasteiger partial charge in [-0.25, -0.2) is 4.79 Å². The van der Waals surface area contributed by atoms with Gasteiger partial charge in [-0.15, -0.1) is 0 Å². The molecule has 2 amide bonds. The molecule has 1 aromatic heterocycles. The van der Waals surface area contributed by atoms with Gasteiger partial charge in [0.1, 0.15) is 0 Å². The van der Waals surface area contributed by atoms with Crippen LogP contribution in [0.25, 0.3) is 0 Å². The molecule has 1 aromatic rings. The van der Waals surface area contributed by atoms with Crippen molar-refractivity contribution in [2.24, 2.45) is 5.41 Å². The standard InChI is InChI=1S/C21H34N4OS/c1-21(2,3)15-19(17-5-4-8-22-16-17)23-20(26)25-9-6-18(7-10-25)24-11-13-27-14-12-24/h4-5,8,16,18-19H,6-7,9-15H2,1-3H3,(H,23,26). The first-order valence-electron chi connectivity index (χ1n) is 10.2. The van der Waals surface area contributed by atoms with Crippen LogP contribution in [0.5, 0.6) is 0 Å². The fraction of sp³-hybridized carbons (Fsp3) is 0.714. The summed E-state index contributed by atoms with van der Waals surface area (Å²) < 4.78 is 0. The number of rotatable bonds is 4. The van der Waals surface area contributed by atoms with Gasteiger partial charge in [0.15, 0.2) is 0 Å². The molecule has 0 spiro atoms. The highest BCUT2D eigenvalue weighted by atomic mass is 32.2. The first kappa shape index (κ1) is 20.5. The van der Waals surface area contributed by atoms with Crippen molar-refractivity contribution in [2.75, 3.05) is 37.7 Å². The van der Waals surface area contributed by atoms with Gasteiger partial charge in [0.05, 0.1) is 6.04 Å². The summed E-state index contributed by atoms with van der Waals surface area (Å²) in [4.78, 5) is 21.8. The Morgan fingerprint density at radius 3 is 2.56 bits per heavy atom. The molecule has 2 aliphatic heterocycles. The van der Waals surface area contributed by atoms with Crippen LogP contribution in [0.15, 0.2) is 24.5 Å². The zero-order valence-electron chi connectivity index (χ0n) is 17.0. The largest absolute Gasteiger partial charge is 0.331 e. The lowest BCUT2D eigenvalue weighted by Gasteiger charge is -2.40. The van der Waals surface area contributed by atoms with E-state index in [1.807, 2.05) is 17.2 Å². The summed E-state index contributed by atoms with van der Waals surface area (Å²) in [6, 6.07) is 4.73. The van der Waals surface area contributed by atoms with E-state index in [1.165, 1.54) is 24.6 Å². The normalized spacial score (nSPS) is 21.1. The first-order chi connectivity index (χ1) is 12.9. The van der Waals surface area contributed by atoms with Gasteiger partial charge >= 0.3 is 6.03 Å². The Morgan fingerprint density at radius 2 is 1.96 bits per heavy atom. The average molecular weight is 391 g/mol. The highest BCUT2D eigenvalue weighted by molar-refractivity contribution is 7.99. The number of hydrogen-bond donors (Lipinski definition) is 1. The molecule has 1 atom stereocenters. The van der Waals surface area contributed by atoms with Gasteiger partial charge in [-0.05, 0) is 36.3 Å². The molecular weight excluding hydrogens is 356 g/mol. The zero-order valence-corrected chi connectivity index (χ0v) is 17.8. The Bertz CT molecular complexity index is 590. The Kier molecular flexibility index (Phi) is 7.04. The maximum atomic E-state index is 12.9. The Hall–Kier alpha value is -1.27. The van der Waals surface area contributed by atoms with E-state index in [2.05, 4.69) is 53.8 Å². The first-order valence-corrected chi connectivity index (χ1v) is 11.3. The van der Waals surface area contributed by atoms with E-state index in [0.29, 0.717) is 6.04 Å². The summed E-state index contributed by atoms with van der Waals surface area (Å²) in [6.45, 7) is 10.8. The molecule has 27 heavy (non-hydrogen) atoms. The lowest BCUT2D eigenvalue weighted by Crippen LogP contribution is -2.51. The summed E-state index contributed by atoms with van der Waals surface area (Å²) in [5.41, 5.74) is 1.22. The van der Waals surface area contributed by atoms with E-state index in [-0.39, 0.29) is 17.5 Å². The number of carbonyl (C=O) groups excluding carboxylic acids is 1. The number of pyridine rings is 1. The van der Waals surface area contributed by atoms with Crippen molar-refractivity contribution in [3.05, 3.63) is 30.1 Å². The number of amides is 2. The second kappa shape index (κ2) is 9.28. The molecule has 2 saturated heterocycles. The van der Waals surface area contributed by atoms with E-state index < -0.39 is 0 Å². The van der Waals surface area contributed by atoms with Crippen molar-refractivity contribution in [1.82, 2.24) is 20.1 Å². The van der Waals surface area contributed by atoms with E-state index in [4.69, 9.17) is 0 Å². The van der Waals surface area contributed by atoms with Gasteiger partial charge in [-0.1, -0.05) is 26.8 Å². The summed E-state index contributed by atoms with van der Waals surface area (Å²) in [5.74, 6) is 2.50. The smallest absolute Gasteiger partial charge is 0.317 e. The molecule has 2 aliphatic rings. The molecule has 0 bridgehead atoms. The fourth-order valence-corrected chi connectivity index (χ4v) is 5.00. The van der Waals surface area contributed by atoms with Gasteiger partial charge in [-0.3, -0.25) is 9.88 Å². The molecule has 1 N–H and O–H groups in total. The Balaban J connectivity index is 1.56. The van der Waals surface area contributed by atoms with Crippen LogP contribution in [0.3, 0.4) is 0 Å². The third-order valence-corrected chi connectivity index (χ3v) is 6.46. The number of likely N-dealkylation sites (tertiary alicyclic amines) is 1. The summed E-state index contributed by atoms with van der Waals surface area (Å²) >= 11 is 2.06. The predicted octanol–water partition coefficient (Wildman–Crippen LogP) is 3.78. The lowest BCUT2D eigenvalue weighted by molar-refractivity contribution is 0.122. The Morgan fingerprint density at radius 1 is 1.26 bits per heavy atom. The number of nitrogens with one attached hydrogen (secondary N) is 1. The minimum atomic E-state index is 0.00282. The third kappa shape index (κ3) is 6.11. The lowest BCUT2D eigenvalue weighted by atomic mass is 9.86. The molecule has 150 valence electrons. The van der Waals surface area contributed by atoms with Crippen LogP contribution in [0, 0.1) is 5.41 Å². The van der Waals surface area contributed by atoms with Gasteiger partial charge in [-0.2, -0.15) is 11.8 Å². The molecule has 0 saturated carbocycles. The van der Waals surface area contributed by atoms with Crippen molar-refractivity contribution in [3.8, 4) is 0 Å². The summed E-state index contributed by atoms with van der Waals surface area (Å²) in [5, 5.41) is 3.28. The average Bonchev–Trinajstić information content (AvgIpc) is 2.68. The molecule has 5 nitrogen and oxygen atoms in total. The second-order valence-electron chi connectivity index (χ2n) is 8.92. The van der Waals surface area contributed by atoms with Crippen molar-refractivity contribution < 1.29 is 4.79 Å². The number of thioether (sulfide) groups is 1. The quantitative estimate of drug-likeness (QED) is 0.850. The highest BCUT2D eigenvalue weighted by Gasteiger charge is 2.29. The molecule has 1 unspecified atom stereocenters. The summed E-state index contributed by atoms with van der Waals surface area (Å²) in [7, 11) is 0. The molecular formula is C21H34N4OS. The van der Waals surface area contributed by atoms with E-state index in [0.717, 1.165) is 37.9 Å². The van der Waals surface area contributed by atoms with E-state index >= 15 is 0 Å². The predicted molar refractivity (Wildman–Crippen MR) is 113 cm³/mol. The number of piperidine rings is 1. The maximum Gasteiger partial charge on any atom is 0.317 e. The van der Waals surface area contributed by atoms with Crippen molar-refractivity contribution >= 4 is 17.8 Å². The molecule has 2 fully saturated rings. The molecule has 0 aromatic carbocycles. The maximum absolute atomic E-state index is 12.9. The number of carbonyl (C=O) groups is 1. The zero-order chi connectivity index (χ0) is 19.3. The van der Waals surface area contributed by atoms with Crippen LogP contribution in [0.2, 0.25) is 0 Å². The number of aromatic nitrogens is 1. The van der Waals surface area contributed by atoms with E-state index in [9.17, 15) is 4.79 Å². The minimum absolute atomic E-state index is 0.00282. The van der Waals surface area contributed by atoms with Crippen molar-refractivity contribution in [2.45, 2.75) is 52.1 Å². The number of hydrogen-bond acceptors (Lipinski definition) is 4. The molecule has 6 heteroatoms. The third-order valence-electron chi connectivity index (χ3n) is 5.51. The molecule has 3 heterocycles. The van der Waals surface area contributed by atoms with Gasteiger partial charge in [0.25, 0.3) is 0 Å². The van der Waals surface area contributed by atoms with Gasteiger partial charge in [0, 0.05) is 56.1 Å². The number of nitrogens with zero attached hydrogens (tertiary/aromatic N) is 3. The van der Waals surface area contributed by atoms with Crippen molar-refractivity contribution in [1.29, 1.82) is 0 Å². The van der Waals surface area contributed by atoms with Crippen molar-refractivity contribution in [3.63, 3.8) is 0 Å². The van der Waals surface area contributed by atoms with Crippen LogP contribution in [-0.2, 0) is 0 Å². The van der Waals surface area contributed by atoms with Crippen LogP contribution >= 0.6 is 11.8 Å².